The maximum Gasteiger partial charge on any atom is 0.139 e. The summed E-state index contributed by atoms with van der Waals surface area (Å²) in [5, 5.41) is 16.5. The zero-order valence-electron chi connectivity index (χ0n) is 11.8. The van der Waals surface area contributed by atoms with Gasteiger partial charge in [-0.05, 0) is 23.6 Å². The molecule has 0 aliphatic heterocycles. The average molecular weight is 315 g/mol. The molecule has 3 rings (SSSR count). The lowest BCUT2D eigenvalue weighted by Gasteiger charge is -2.14. The van der Waals surface area contributed by atoms with E-state index in [1.54, 1.807) is 22.7 Å². The Kier molecular flexibility index (Phi) is 4.75. The number of hydrogen-bond acceptors (Lipinski definition) is 5. The van der Waals surface area contributed by atoms with Crippen molar-refractivity contribution in [1.29, 1.82) is 0 Å². The van der Waals surface area contributed by atoms with E-state index in [1.165, 1.54) is 10.4 Å². The molecule has 3 aromatic rings. The second-order valence-electron chi connectivity index (χ2n) is 4.69. The van der Waals surface area contributed by atoms with Crippen LogP contribution in [0, 0.1) is 0 Å². The Labute approximate surface area is 132 Å². The summed E-state index contributed by atoms with van der Waals surface area (Å²) in [5.41, 5.74) is 1.23. The Hall–Kier alpha value is -1.56. The molecule has 0 spiro atoms. The van der Waals surface area contributed by atoms with Gasteiger partial charge in [0.05, 0.1) is 6.04 Å². The zero-order chi connectivity index (χ0) is 14.5. The van der Waals surface area contributed by atoms with E-state index in [9.17, 15) is 0 Å². The van der Waals surface area contributed by atoms with Crippen molar-refractivity contribution in [2.45, 2.75) is 19.4 Å². The SMILES string of the molecule is CCNC(c1ccccc1)c1nnc(Cc2cccs2)s1. The Morgan fingerprint density at radius 1 is 1.10 bits per heavy atom. The number of nitrogens with one attached hydrogen (secondary N) is 1. The highest BCUT2D eigenvalue weighted by molar-refractivity contribution is 7.12. The molecule has 0 saturated carbocycles. The van der Waals surface area contributed by atoms with Gasteiger partial charge >= 0.3 is 0 Å². The lowest BCUT2D eigenvalue weighted by molar-refractivity contribution is 0.621. The minimum absolute atomic E-state index is 0.130. The minimum atomic E-state index is 0.130. The molecular weight excluding hydrogens is 298 g/mol. The third-order valence-corrected chi connectivity index (χ3v) is 5.04. The Bertz CT molecular complexity index is 662. The third kappa shape index (κ3) is 3.56. The largest absolute Gasteiger partial charge is 0.304 e. The van der Waals surface area contributed by atoms with Crippen LogP contribution in [0.15, 0.2) is 47.8 Å². The van der Waals surface area contributed by atoms with Gasteiger partial charge in [-0.3, -0.25) is 0 Å². The molecular formula is C16H17N3S2. The molecule has 0 aliphatic carbocycles. The van der Waals surface area contributed by atoms with E-state index in [0.717, 1.165) is 23.0 Å². The summed E-state index contributed by atoms with van der Waals surface area (Å²) in [6.07, 6.45) is 0.878. The smallest absolute Gasteiger partial charge is 0.139 e. The number of benzene rings is 1. The number of hydrogen-bond donors (Lipinski definition) is 1. The van der Waals surface area contributed by atoms with Crippen molar-refractivity contribution >= 4 is 22.7 Å². The quantitative estimate of drug-likeness (QED) is 0.750. The summed E-state index contributed by atoms with van der Waals surface area (Å²) >= 11 is 3.46. The van der Waals surface area contributed by atoms with Crippen LogP contribution in [-0.4, -0.2) is 16.7 Å². The highest BCUT2D eigenvalue weighted by Gasteiger charge is 2.18. The second kappa shape index (κ2) is 6.93. The van der Waals surface area contributed by atoms with E-state index in [4.69, 9.17) is 0 Å². The van der Waals surface area contributed by atoms with Crippen LogP contribution in [0.3, 0.4) is 0 Å². The van der Waals surface area contributed by atoms with Gasteiger partial charge in [0.2, 0.25) is 0 Å². The predicted octanol–water partition coefficient (Wildman–Crippen LogP) is 3.89. The van der Waals surface area contributed by atoms with E-state index < -0.39 is 0 Å². The van der Waals surface area contributed by atoms with Gasteiger partial charge in [-0.2, -0.15) is 0 Å². The van der Waals surface area contributed by atoms with Gasteiger partial charge in [-0.15, -0.1) is 21.5 Å². The van der Waals surface area contributed by atoms with Crippen LogP contribution >= 0.6 is 22.7 Å². The van der Waals surface area contributed by atoms with E-state index >= 15 is 0 Å². The topological polar surface area (TPSA) is 37.8 Å². The molecule has 2 aromatic heterocycles. The monoisotopic (exact) mass is 315 g/mol. The summed E-state index contributed by atoms with van der Waals surface area (Å²) in [7, 11) is 0. The predicted molar refractivity (Wildman–Crippen MR) is 89.0 cm³/mol. The van der Waals surface area contributed by atoms with Gasteiger partial charge in [0.15, 0.2) is 0 Å². The normalized spacial score (nSPS) is 12.4. The van der Waals surface area contributed by atoms with Crippen LogP contribution in [0.5, 0.6) is 0 Å². The Morgan fingerprint density at radius 3 is 2.67 bits per heavy atom. The minimum Gasteiger partial charge on any atom is -0.304 e. The number of thiophene rings is 1. The molecule has 3 nitrogen and oxygen atoms in total. The number of rotatable bonds is 6. The molecule has 1 aromatic carbocycles. The van der Waals surface area contributed by atoms with Gasteiger partial charge in [-0.25, -0.2) is 0 Å². The lowest BCUT2D eigenvalue weighted by atomic mass is 10.1. The molecule has 0 aliphatic rings. The summed E-state index contributed by atoms with van der Waals surface area (Å²) in [5.74, 6) is 0. The van der Waals surface area contributed by atoms with E-state index in [2.05, 4.69) is 64.2 Å². The first-order chi connectivity index (χ1) is 10.4. The van der Waals surface area contributed by atoms with E-state index in [0.29, 0.717) is 0 Å². The average Bonchev–Trinajstić information content (AvgIpc) is 3.18. The first-order valence-corrected chi connectivity index (χ1v) is 8.69. The van der Waals surface area contributed by atoms with Crippen LogP contribution in [0.2, 0.25) is 0 Å². The molecule has 0 bridgehead atoms. The fourth-order valence-corrected chi connectivity index (χ4v) is 3.98. The van der Waals surface area contributed by atoms with Gasteiger partial charge in [0.25, 0.3) is 0 Å². The number of aromatic nitrogens is 2. The van der Waals surface area contributed by atoms with Gasteiger partial charge in [0.1, 0.15) is 10.0 Å². The van der Waals surface area contributed by atoms with Crippen LogP contribution in [0.25, 0.3) is 0 Å². The molecule has 5 heteroatoms. The molecule has 1 unspecified atom stereocenters. The molecule has 1 atom stereocenters. The molecule has 0 radical (unpaired) electrons. The Balaban J connectivity index is 1.82. The van der Waals surface area contributed by atoms with E-state index in [-0.39, 0.29) is 6.04 Å². The van der Waals surface area contributed by atoms with Gasteiger partial charge < -0.3 is 5.32 Å². The molecule has 0 amide bonds. The summed E-state index contributed by atoms with van der Waals surface area (Å²) in [6.45, 7) is 3.02. The van der Waals surface area contributed by atoms with Crippen LogP contribution < -0.4 is 5.32 Å². The molecule has 0 saturated heterocycles. The summed E-state index contributed by atoms with van der Waals surface area (Å²) in [6, 6.07) is 14.8. The summed E-state index contributed by atoms with van der Waals surface area (Å²) in [4.78, 5) is 1.33. The molecule has 21 heavy (non-hydrogen) atoms. The highest BCUT2D eigenvalue weighted by Crippen LogP contribution is 2.26. The fraction of sp³-hybridized carbons (Fsp3) is 0.250. The maximum atomic E-state index is 4.40. The van der Waals surface area contributed by atoms with Crippen molar-refractivity contribution in [2.24, 2.45) is 0 Å². The van der Waals surface area contributed by atoms with Crippen LogP contribution in [0.1, 0.15) is 33.4 Å². The standard InChI is InChI=1S/C16H17N3S2/c1-2-17-15(12-7-4-3-5-8-12)16-19-18-14(21-16)11-13-9-6-10-20-13/h3-10,15,17H,2,11H2,1H3. The van der Waals surface area contributed by atoms with Crippen molar-refractivity contribution in [1.82, 2.24) is 15.5 Å². The molecule has 0 fully saturated rings. The fourth-order valence-electron chi connectivity index (χ4n) is 2.21. The van der Waals surface area contributed by atoms with Gasteiger partial charge in [0, 0.05) is 11.3 Å². The molecule has 2 heterocycles. The lowest BCUT2D eigenvalue weighted by Crippen LogP contribution is -2.21. The first-order valence-electron chi connectivity index (χ1n) is 7.00. The van der Waals surface area contributed by atoms with Crippen molar-refractivity contribution in [3.05, 3.63) is 68.3 Å². The van der Waals surface area contributed by atoms with Crippen molar-refractivity contribution in [3.63, 3.8) is 0 Å². The van der Waals surface area contributed by atoms with E-state index in [1.807, 2.05) is 6.07 Å². The Morgan fingerprint density at radius 2 is 1.95 bits per heavy atom. The maximum absolute atomic E-state index is 4.40. The van der Waals surface area contributed by atoms with Crippen LogP contribution in [0.4, 0.5) is 0 Å². The molecule has 1 N–H and O–H groups in total. The van der Waals surface area contributed by atoms with Crippen molar-refractivity contribution in [3.8, 4) is 0 Å². The number of nitrogens with zero attached hydrogens (tertiary/aromatic N) is 2. The molecule has 108 valence electrons. The van der Waals surface area contributed by atoms with Crippen molar-refractivity contribution < 1.29 is 0 Å². The van der Waals surface area contributed by atoms with Gasteiger partial charge in [-0.1, -0.05) is 54.7 Å². The first kappa shape index (κ1) is 14.4. The highest BCUT2D eigenvalue weighted by atomic mass is 32.1. The van der Waals surface area contributed by atoms with Crippen LogP contribution in [-0.2, 0) is 6.42 Å². The second-order valence-corrected chi connectivity index (χ2v) is 6.82. The summed E-state index contributed by atoms with van der Waals surface area (Å²) < 4.78 is 0. The zero-order valence-corrected chi connectivity index (χ0v) is 13.5. The van der Waals surface area contributed by atoms with Crippen molar-refractivity contribution in [2.75, 3.05) is 6.54 Å². The third-order valence-electron chi connectivity index (χ3n) is 3.18.